The van der Waals surface area contributed by atoms with Crippen LogP contribution in [0.25, 0.3) is 0 Å². The van der Waals surface area contributed by atoms with Crippen LogP contribution in [0.5, 0.6) is 0 Å². The molecular weight excluding hydrogens is 268 g/mol. The number of carbonyl (C=O) groups excluding carboxylic acids is 2. The number of carbonyl (C=O) groups is 2. The predicted octanol–water partition coefficient (Wildman–Crippen LogP) is 1.03. The van der Waals surface area contributed by atoms with Gasteiger partial charge in [0, 0.05) is 13.0 Å². The van der Waals surface area contributed by atoms with E-state index >= 15 is 0 Å². The van der Waals surface area contributed by atoms with Gasteiger partial charge in [0.25, 0.3) is 0 Å². The number of amides is 2. The van der Waals surface area contributed by atoms with Crippen molar-refractivity contribution in [3.8, 4) is 0 Å². The van der Waals surface area contributed by atoms with Crippen molar-refractivity contribution in [2.75, 3.05) is 19.8 Å². The summed E-state index contributed by atoms with van der Waals surface area (Å²) in [6.45, 7) is 2.04. The third kappa shape index (κ3) is 5.71. The second-order valence-electron chi connectivity index (χ2n) is 3.76. The zero-order valence-electron chi connectivity index (χ0n) is 10.7. The first-order valence-corrected chi connectivity index (χ1v) is 6.94. The Hall–Kier alpha value is -1.60. The molecule has 1 aromatic rings. The summed E-state index contributed by atoms with van der Waals surface area (Å²) in [5.74, 6) is -0.234. The van der Waals surface area contributed by atoms with Gasteiger partial charge >= 0.3 is 6.09 Å². The van der Waals surface area contributed by atoms with Gasteiger partial charge in [-0.3, -0.25) is 4.79 Å². The third-order valence-corrected chi connectivity index (χ3v) is 3.06. The normalized spacial score (nSPS) is 11.7. The smallest absolute Gasteiger partial charge is 0.407 e. The van der Waals surface area contributed by atoms with Crippen LogP contribution in [0.15, 0.2) is 16.8 Å². The summed E-state index contributed by atoms with van der Waals surface area (Å²) in [6, 6.07) is 1.45. The number of nitrogens with one attached hydrogen (secondary N) is 2. The highest BCUT2D eigenvalue weighted by atomic mass is 32.1. The lowest BCUT2D eigenvalue weighted by atomic mass is 10.1. The summed E-state index contributed by atoms with van der Waals surface area (Å²) in [4.78, 5) is 22.6. The Morgan fingerprint density at radius 2 is 2.32 bits per heavy atom. The molecule has 0 spiro atoms. The fraction of sp³-hybridized carbons (Fsp3) is 0.500. The molecule has 0 saturated carbocycles. The summed E-state index contributed by atoms with van der Waals surface area (Å²) in [5.41, 5.74) is 0.874. The van der Waals surface area contributed by atoms with E-state index in [1.807, 2.05) is 16.8 Å². The molecule has 0 fully saturated rings. The van der Waals surface area contributed by atoms with E-state index in [2.05, 4.69) is 15.4 Å². The summed E-state index contributed by atoms with van der Waals surface area (Å²) >= 11 is 1.50. The van der Waals surface area contributed by atoms with E-state index in [-0.39, 0.29) is 25.5 Å². The van der Waals surface area contributed by atoms with Gasteiger partial charge in [0.2, 0.25) is 5.91 Å². The average molecular weight is 286 g/mol. The van der Waals surface area contributed by atoms with Crippen molar-refractivity contribution in [3.63, 3.8) is 0 Å². The van der Waals surface area contributed by atoms with Crippen molar-refractivity contribution in [2.24, 2.45) is 0 Å². The highest BCUT2D eigenvalue weighted by molar-refractivity contribution is 7.07. The number of thiophene rings is 1. The SMILES string of the molecule is CCOC(=O)NCCC(=O)N[C@@H](CO)c1ccsc1. The lowest BCUT2D eigenvalue weighted by molar-refractivity contribution is -0.122. The van der Waals surface area contributed by atoms with Gasteiger partial charge in [-0.25, -0.2) is 4.79 Å². The van der Waals surface area contributed by atoms with Gasteiger partial charge in [-0.2, -0.15) is 11.3 Å². The zero-order valence-corrected chi connectivity index (χ0v) is 11.5. The van der Waals surface area contributed by atoms with Gasteiger partial charge in [-0.1, -0.05) is 0 Å². The standard InChI is InChI=1S/C12H18N2O4S/c1-2-18-12(17)13-5-3-11(16)14-10(7-15)9-4-6-19-8-9/h4,6,8,10,15H,2-3,5,7H2,1H3,(H,13,17)(H,14,16)/t10-/m0/s1. The van der Waals surface area contributed by atoms with Gasteiger partial charge < -0.3 is 20.5 Å². The maximum atomic E-state index is 11.6. The maximum Gasteiger partial charge on any atom is 0.407 e. The summed E-state index contributed by atoms with van der Waals surface area (Å²) in [7, 11) is 0. The molecule has 19 heavy (non-hydrogen) atoms. The first kappa shape index (κ1) is 15.5. The highest BCUT2D eigenvalue weighted by Crippen LogP contribution is 2.15. The van der Waals surface area contributed by atoms with Crippen molar-refractivity contribution in [3.05, 3.63) is 22.4 Å². The van der Waals surface area contributed by atoms with Crippen LogP contribution in [0, 0.1) is 0 Å². The van der Waals surface area contributed by atoms with Crippen LogP contribution in [-0.2, 0) is 9.53 Å². The minimum atomic E-state index is -0.535. The molecule has 3 N–H and O–H groups in total. The van der Waals surface area contributed by atoms with Crippen molar-refractivity contribution < 1.29 is 19.4 Å². The van der Waals surface area contributed by atoms with Crippen LogP contribution in [0.2, 0.25) is 0 Å². The predicted molar refractivity (Wildman–Crippen MR) is 71.9 cm³/mol. The van der Waals surface area contributed by atoms with E-state index < -0.39 is 12.1 Å². The molecule has 6 nitrogen and oxygen atoms in total. The van der Waals surface area contributed by atoms with Crippen LogP contribution in [-0.4, -0.2) is 36.9 Å². The Morgan fingerprint density at radius 1 is 1.53 bits per heavy atom. The Labute approximate surface area is 115 Å². The third-order valence-electron chi connectivity index (χ3n) is 2.36. The first-order chi connectivity index (χ1) is 9.17. The maximum absolute atomic E-state index is 11.6. The monoisotopic (exact) mass is 286 g/mol. The van der Waals surface area contributed by atoms with E-state index in [4.69, 9.17) is 0 Å². The topological polar surface area (TPSA) is 87.7 Å². The minimum Gasteiger partial charge on any atom is -0.450 e. The molecule has 0 aliphatic rings. The second kappa shape index (κ2) is 8.49. The van der Waals surface area contributed by atoms with Gasteiger partial charge in [-0.15, -0.1) is 0 Å². The molecule has 0 aliphatic heterocycles. The number of rotatable bonds is 7. The molecule has 2 amide bonds. The summed E-state index contributed by atoms with van der Waals surface area (Å²) < 4.78 is 4.66. The number of alkyl carbamates (subject to hydrolysis) is 1. The Morgan fingerprint density at radius 3 is 2.89 bits per heavy atom. The first-order valence-electron chi connectivity index (χ1n) is 6.00. The van der Waals surface area contributed by atoms with Crippen molar-refractivity contribution >= 4 is 23.3 Å². The van der Waals surface area contributed by atoms with E-state index in [0.29, 0.717) is 6.61 Å². The van der Waals surface area contributed by atoms with Crippen molar-refractivity contribution in [1.29, 1.82) is 0 Å². The number of hydrogen-bond acceptors (Lipinski definition) is 5. The van der Waals surface area contributed by atoms with Gasteiger partial charge in [-0.05, 0) is 29.3 Å². The number of aliphatic hydroxyl groups excluding tert-OH is 1. The highest BCUT2D eigenvalue weighted by Gasteiger charge is 2.13. The zero-order chi connectivity index (χ0) is 14.1. The number of aliphatic hydroxyl groups is 1. The fourth-order valence-corrected chi connectivity index (χ4v) is 2.15. The number of hydrogen-bond donors (Lipinski definition) is 3. The van der Waals surface area contributed by atoms with E-state index in [1.165, 1.54) is 11.3 Å². The van der Waals surface area contributed by atoms with Crippen LogP contribution in [0.4, 0.5) is 4.79 Å². The molecule has 0 bridgehead atoms. The molecule has 106 valence electrons. The Kier molecular flexibility index (Phi) is 6.91. The van der Waals surface area contributed by atoms with E-state index in [1.54, 1.807) is 6.92 Å². The largest absolute Gasteiger partial charge is 0.450 e. The number of ether oxygens (including phenoxy) is 1. The Bertz CT molecular complexity index is 394. The molecular formula is C12H18N2O4S. The van der Waals surface area contributed by atoms with Crippen LogP contribution in [0.3, 0.4) is 0 Å². The van der Waals surface area contributed by atoms with Crippen molar-refractivity contribution in [2.45, 2.75) is 19.4 Å². The van der Waals surface area contributed by atoms with Crippen molar-refractivity contribution in [1.82, 2.24) is 10.6 Å². The van der Waals surface area contributed by atoms with Gasteiger partial charge in [0.05, 0.1) is 19.3 Å². The molecule has 1 atom stereocenters. The average Bonchev–Trinajstić information content (AvgIpc) is 2.90. The molecule has 1 aromatic heterocycles. The quantitative estimate of drug-likeness (QED) is 0.698. The summed E-state index contributed by atoms with van der Waals surface area (Å²) in [6.07, 6.45) is -0.397. The van der Waals surface area contributed by atoms with Gasteiger partial charge in [0.15, 0.2) is 0 Å². The van der Waals surface area contributed by atoms with Crippen LogP contribution >= 0.6 is 11.3 Å². The van der Waals surface area contributed by atoms with E-state index in [0.717, 1.165) is 5.56 Å². The molecule has 1 rings (SSSR count). The molecule has 0 aromatic carbocycles. The summed E-state index contributed by atoms with van der Waals surface area (Å²) in [5, 5.41) is 18.1. The second-order valence-corrected chi connectivity index (χ2v) is 4.54. The molecule has 0 radical (unpaired) electrons. The van der Waals surface area contributed by atoms with Crippen LogP contribution in [0.1, 0.15) is 24.9 Å². The lowest BCUT2D eigenvalue weighted by Gasteiger charge is -2.15. The Balaban J connectivity index is 2.28. The molecule has 1 heterocycles. The molecule has 7 heteroatoms. The van der Waals surface area contributed by atoms with Crippen LogP contribution < -0.4 is 10.6 Å². The van der Waals surface area contributed by atoms with Gasteiger partial charge in [0.1, 0.15) is 0 Å². The fourth-order valence-electron chi connectivity index (χ4n) is 1.43. The molecule has 0 aliphatic carbocycles. The molecule has 0 saturated heterocycles. The lowest BCUT2D eigenvalue weighted by Crippen LogP contribution is -2.34. The minimum absolute atomic E-state index is 0.138. The molecule has 0 unspecified atom stereocenters. The van der Waals surface area contributed by atoms with E-state index in [9.17, 15) is 14.7 Å².